The number of hydrogen-bond donors (Lipinski definition) is 2. The Morgan fingerprint density at radius 2 is 1.93 bits per heavy atom. The van der Waals surface area contributed by atoms with Crippen LogP contribution >= 0.6 is 0 Å². The molecule has 0 aliphatic rings. The Hall–Kier alpha value is -3.42. The molecule has 0 bridgehead atoms. The van der Waals surface area contributed by atoms with Crippen molar-refractivity contribution in [2.24, 2.45) is 0 Å². The van der Waals surface area contributed by atoms with E-state index in [4.69, 9.17) is 4.74 Å². The highest BCUT2D eigenvalue weighted by atomic mass is 16.5. The lowest BCUT2D eigenvalue weighted by molar-refractivity contribution is -0.118. The van der Waals surface area contributed by atoms with Crippen molar-refractivity contribution >= 4 is 17.5 Å². The molecular formula is C19H22N6O2. The highest BCUT2D eigenvalue weighted by molar-refractivity contribution is 5.91. The first-order chi connectivity index (χ1) is 13.2. The van der Waals surface area contributed by atoms with E-state index in [-0.39, 0.29) is 12.5 Å². The van der Waals surface area contributed by atoms with Gasteiger partial charge in [-0.3, -0.25) is 4.79 Å². The minimum Gasteiger partial charge on any atom is -0.483 e. The van der Waals surface area contributed by atoms with Crippen molar-refractivity contribution in [3.8, 4) is 5.75 Å². The van der Waals surface area contributed by atoms with E-state index in [1.54, 1.807) is 4.68 Å². The molecule has 0 aliphatic carbocycles. The number of amides is 1. The topological polar surface area (TPSA) is 94.0 Å². The Kier molecular flexibility index (Phi) is 5.98. The predicted octanol–water partition coefficient (Wildman–Crippen LogP) is 2.63. The van der Waals surface area contributed by atoms with E-state index in [1.807, 2.05) is 62.4 Å². The van der Waals surface area contributed by atoms with Gasteiger partial charge in [-0.25, -0.2) is 4.68 Å². The number of carbonyl (C=O) groups is 1. The average Bonchev–Trinajstić information content (AvgIpc) is 3.15. The maximum Gasteiger partial charge on any atom is 0.262 e. The van der Waals surface area contributed by atoms with Gasteiger partial charge in [0.15, 0.2) is 6.61 Å². The van der Waals surface area contributed by atoms with Crippen LogP contribution in [-0.4, -0.2) is 32.7 Å². The highest BCUT2D eigenvalue weighted by Gasteiger charge is 2.09. The Bertz CT molecular complexity index is 891. The second-order valence-electron chi connectivity index (χ2n) is 5.98. The van der Waals surface area contributed by atoms with Crippen LogP contribution in [0.1, 0.15) is 18.1 Å². The molecule has 0 saturated heterocycles. The smallest absolute Gasteiger partial charge is 0.262 e. The Morgan fingerprint density at radius 1 is 1.15 bits per heavy atom. The molecule has 3 rings (SSSR count). The van der Waals surface area contributed by atoms with E-state index >= 15 is 0 Å². The first kappa shape index (κ1) is 18.4. The standard InChI is InChI=1S/C19H22N6O2/c1-3-25-19(22-23-24-25)20-12-15-6-4-5-7-17(15)27-13-18(26)21-16-10-8-14(2)9-11-16/h4-11H,3,12-13H2,1-2H3,(H,21,26)(H,20,22,24). The van der Waals surface area contributed by atoms with Crippen LogP contribution in [0.15, 0.2) is 48.5 Å². The van der Waals surface area contributed by atoms with E-state index < -0.39 is 0 Å². The molecule has 0 saturated carbocycles. The summed E-state index contributed by atoms with van der Waals surface area (Å²) in [5.74, 6) is 1.01. The van der Waals surface area contributed by atoms with Gasteiger partial charge < -0.3 is 15.4 Å². The first-order valence-electron chi connectivity index (χ1n) is 8.73. The van der Waals surface area contributed by atoms with Gasteiger partial charge in [0.1, 0.15) is 5.75 Å². The van der Waals surface area contributed by atoms with Crippen LogP contribution in [0.25, 0.3) is 0 Å². The largest absolute Gasteiger partial charge is 0.483 e. The molecule has 1 heterocycles. The van der Waals surface area contributed by atoms with Crippen molar-refractivity contribution in [3.05, 3.63) is 59.7 Å². The SMILES string of the molecule is CCn1nnnc1NCc1ccccc1OCC(=O)Nc1ccc(C)cc1. The van der Waals surface area contributed by atoms with E-state index in [9.17, 15) is 4.79 Å². The van der Waals surface area contributed by atoms with E-state index in [2.05, 4.69) is 26.2 Å². The molecular weight excluding hydrogens is 344 g/mol. The molecule has 8 heteroatoms. The fourth-order valence-corrected chi connectivity index (χ4v) is 2.49. The summed E-state index contributed by atoms with van der Waals surface area (Å²) in [4.78, 5) is 12.1. The maximum absolute atomic E-state index is 12.1. The molecule has 1 aromatic heterocycles. The van der Waals surface area contributed by atoms with Crippen LogP contribution in [-0.2, 0) is 17.9 Å². The Labute approximate surface area is 157 Å². The first-order valence-corrected chi connectivity index (χ1v) is 8.73. The summed E-state index contributed by atoms with van der Waals surface area (Å²) in [6.45, 7) is 5.05. The van der Waals surface area contributed by atoms with Gasteiger partial charge in [-0.15, -0.1) is 0 Å². The lowest BCUT2D eigenvalue weighted by Crippen LogP contribution is -2.20. The van der Waals surface area contributed by atoms with Gasteiger partial charge in [0.25, 0.3) is 5.91 Å². The number of rotatable bonds is 8. The molecule has 0 spiro atoms. The fourth-order valence-electron chi connectivity index (χ4n) is 2.49. The second-order valence-corrected chi connectivity index (χ2v) is 5.98. The zero-order valence-corrected chi connectivity index (χ0v) is 15.3. The van der Waals surface area contributed by atoms with Crippen molar-refractivity contribution in [2.75, 3.05) is 17.2 Å². The number of anilines is 2. The molecule has 0 radical (unpaired) electrons. The number of tetrazole rings is 1. The third-order valence-corrected chi connectivity index (χ3v) is 3.94. The van der Waals surface area contributed by atoms with Crippen molar-refractivity contribution in [3.63, 3.8) is 0 Å². The molecule has 8 nitrogen and oxygen atoms in total. The molecule has 27 heavy (non-hydrogen) atoms. The molecule has 2 N–H and O–H groups in total. The fraction of sp³-hybridized carbons (Fsp3) is 0.263. The molecule has 1 amide bonds. The van der Waals surface area contributed by atoms with Crippen molar-refractivity contribution in [2.45, 2.75) is 26.9 Å². The Morgan fingerprint density at radius 3 is 2.70 bits per heavy atom. The van der Waals surface area contributed by atoms with Gasteiger partial charge >= 0.3 is 0 Å². The summed E-state index contributed by atoms with van der Waals surface area (Å²) in [6, 6.07) is 15.2. The van der Waals surface area contributed by atoms with Gasteiger partial charge in [0.05, 0.1) is 0 Å². The lowest BCUT2D eigenvalue weighted by Gasteiger charge is -2.12. The monoisotopic (exact) mass is 366 g/mol. The van der Waals surface area contributed by atoms with Gasteiger partial charge in [-0.05, 0) is 42.5 Å². The maximum atomic E-state index is 12.1. The van der Waals surface area contributed by atoms with Gasteiger partial charge in [0, 0.05) is 24.3 Å². The van der Waals surface area contributed by atoms with Crippen molar-refractivity contribution < 1.29 is 9.53 Å². The summed E-state index contributed by atoms with van der Waals surface area (Å²) in [5, 5.41) is 17.5. The van der Waals surface area contributed by atoms with Crippen LogP contribution in [0.4, 0.5) is 11.6 Å². The number of aromatic nitrogens is 4. The quantitative estimate of drug-likeness (QED) is 0.636. The number of para-hydroxylation sites is 1. The minimum atomic E-state index is -0.212. The minimum absolute atomic E-state index is 0.0718. The van der Waals surface area contributed by atoms with Crippen LogP contribution in [0.3, 0.4) is 0 Å². The van der Waals surface area contributed by atoms with Crippen LogP contribution in [0.5, 0.6) is 5.75 Å². The summed E-state index contributed by atoms with van der Waals surface area (Å²) >= 11 is 0. The van der Waals surface area contributed by atoms with E-state index in [0.717, 1.165) is 16.8 Å². The number of nitrogens with zero attached hydrogens (tertiary/aromatic N) is 4. The lowest BCUT2D eigenvalue weighted by atomic mass is 10.2. The molecule has 0 atom stereocenters. The van der Waals surface area contributed by atoms with Crippen molar-refractivity contribution in [1.82, 2.24) is 20.2 Å². The van der Waals surface area contributed by atoms with E-state index in [1.165, 1.54) is 0 Å². The third-order valence-electron chi connectivity index (χ3n) is 3.94. The van der Waals surface area contributed by atoms with Crippen LogP contribution < -0.4 is 15.4 Å². The van der Waals surface area contributed by atoms with Crippen LogP contribution in [0.2, 0.25) is 0 Å². The predicted molar refractivity (Wildman–Crippen MR) is 103 cm³/mol. The van der Waals surface area contributed by atoms with Gasteiger partial charge in [0.2, 0.25) is 5.95 Å². The number of hydrogen-bond acceptors (Lipinski definition) is 6. The van der Waals surface area contributed by atoms with Gasteiger partial charge in [-0.1, -0.05) is 41.0 Å². The third kappa shape index (κ3) is 5.04. The second kappa shape index (κ2) is 8.79. The molecule has 2 aromatic carbocycles. The summed E-state index contributed by atoms with van der Waals surface area (Å²) in [5.41, 5.74) is 2.79. The number of nitrogens with one attached hydrogen (secondary N) is 2. The molecule has 0 aliphatic heterocycles. The number of aryl methyl sites for hydroxylation is 2. The molecule has 140 valence electrons. The molecule has 0 fully saturated rings. The zero-order chi connectivity index (χ0) is 19.1. The molecule has 0 unspecified atom stereocenters. The average molecular weight is 366 g/mol. The van der Waals surface area contributed by atoms with Gasteiger partial charge in [-0.2, -0.15) is 0 Å². The highest BCUT2D eigenvalue weighted by Crippen LogP contribution is 2.19. The summed E-state index contributed by atoms with van der Waals surface area (Å²) in [6.07, 6.45) is 0. The molecule has 3 aromatic rings. The van der Waals surface area contributed by atoms with E-state index in [0.29, 0.717) is 24.8 Å². The Balaban J connectivity index is 1.57. The zero-order valence-electron chi connectivity index (χ0n) is 15.3. The van der Waals surface area contributed by atoms with Crippen molar-refractivity contribution in [1.29, 1.82) is 0 Å². The summed E-state index contributed by atoms with van der Waals surface area (Å²) in [7, 11) is 0. The van der Waals surface area contributed by atoms with Crippen LogP contribution in [0, 0.1) is 6.92 Å². The number of benzene rings is 2. The number of ether oxygens (including phenoxy) is 1. The number of carbonyl (C=O) groups excluding carboxylic acids is 1. The normalized spacial score (nSPS) is 10.4. The summed E-state index contributed by atoms with van der Waals surface area (Å²) < 4.78 is 7.38.